The zero-order chi connectivity index (χ0) is 15.3. The monoisotopic (exact) mass is 297 g/mol. The van der Waals surface area contributed by atoms with Crippen LogP contribution in [-0.2, 0) is 9.59 Å². The molecule has 0 aliphatic carbocycles. The van der Waals surface area contributed by atoms with Gasteiger partial charge in [-0.3, -0.25) is 14.7 Å². The number of carbonyl (C=O) groups excluding carboxylic acids is 1. The van der Waals surface area contributed by atoms with Crippen LogP contribution in [0, 0.1) is 5.92 Å². The van der Waals surface area contributed by atoms with Gasteiger partial charge in [-0.05, 0) is 29.5 Å². The Hall–Kier alpha value is -2.47. The average molecular weight is 297 g/mol. The third-order valence-electron chi connectivity index (χ3n) is 4.62. The Morgan fingerprint density at radius 2 is 2.32 bits per heavy atom. The highest BCUT2D eigenvalue weighted by Crippen LogP contribution is 2.43. The van der Waals surface area contributed by atoms with Crippen LogP contribution in [-0.4, -0.2) is 45.5 Å². The lowest BCUT2D eigenvalue weighted by molar-refractivity contribution is -0.153. The van der Waals surface area contributed by atoms with Gasteiger partial charge >= 0.3 is 5.97 Å². The quantitative estimate of drug-likeness (QED) is 0.800. The van der Waals surface area contributed by atoms with Gasteiger partial charge in [-0.2, -0.15) is 0 Å². The summed E-state index contributed by atoms with van der Waals surface area (Å²) in [5.41, 5.74) is 1.73. The minimum absolute atomic E-state index is 0.00846. The number of carboxylic acid groups (broad SMARTS) is 1. The second-order valence-electron chi connectivity index (χ2n) is 5.85. The molecule has 1 aromatic heterocycles. The first-order valence-electron chi connectivity index (χ1n) is 7.28. The van der Waals surface area contributed by atoms with Gasteiger partial charge in [-0.15, -0.1) is 0 Å². The Morgan fingerprint density at radius 1 is 1.45 bits per heavy atom. The summed E-state index contributed by atoms with van der Waals surface area (Å²) in [7, 11) is 0. The number of aliphatic carboxylic acids is 1. The molecule has 1 aromatic rings. The number of nitrogens with one attached hydrogen (secondary N) is 1. The average Bonchev–Trinajstić information content (AvgIpc) is 2.93. The summed E-state index contributed by atoms with van der Waals surface area (Å²) in [5.74, 6) is -0.876. The molecule has 2 N–H and O–H groups in total. The summed E-state index contributed by atoms with van der Waals surface area (Å²) in [6.45, 7) is 0.759. The number of carboxylic acids is 1. The van der Waals surface area contributed by atoms with Gasteiger partial charge in [-0.25, -0.2) is 4.79 Å². The van der Waals surface area contributed by atoms with E-state index in [1.165, 1.54) is 4.90 Å². The molecule has 112 valence electrons. The van der Waals surface area contributed by atoms with E-state index in [0.717, 1.165) is 12.1 Å². The SMILES string of the molecule is O=C(O)C1=C(C=Cc2cccnc2)CC2CNC3C(=O)N1[C@H]23. The highest BCUT2D eigenvalue weighted by Gasteiger charge is 2.59. The Morgan fingerprint density at radius 3 is 3.05 bits per heavy atom. The molecule has 22 heavy (non-hydrogen) atoms. The maximum Gasteiger partial charge on any atom is 0.352 e. The molecule has 4 heterocycles. The summed E-state index contributed by atoms with van der Waals surface area (Å²) < 4.78 is 0. The fourth-order valence-corrected chi connectivity index (χ4v) is 3.64. The Labute approximate surface area is 127 Å². The van der Waals surface area contributed by atoms with Crippen LogP contribution in [0.3, 0.4) is 0 Å². The lowest BCUT2D eigenvalue weighted by Crippen LogP contribution is -2.68. The zero-order valence-electron chi connectivity index (χ0n) is 11.8. The van der Waals surface area contributed by atoms with Gasteiger partial charge in [0.1, 0.15) is 11.7 Å². The first-order valence-corrected chi connectivity index (χ1v) is 7.28. The number of allylic oxidation sites excluding steroid dienone is 2. The van der Waals surface area contributed by atoms with Crippen LogP contribution in [0.4, 0.5) is 0 Å². The smallest absolute Gasteiger partial charge is 0.352 e. The third-order valence-corrected chi connectivity index (χ3v) is 4.62. The maximum absolute atomic E-state index is 12.1. The van der Waals surface area contributed by atoms with Gasteiger partial charge in [-0.1, -0.05) is 18.2 Å². The van der Waals surface area contributed by atoms with Crippen molar-refractivity contribution >= 4 is 18.0 Å². The number of rotatable bonds is 3. The Bertz CT molecular complexity index is 711. The molecule has 3 aliphatic heterocycles. The molecule has 6 nitrogen and oxygen atoms in total. The van der Waals surface area contributed by atoms with E-state index in [0.29, 0.717) is 17.9 Å². The van der Waals surface area contributed by atoms with Gasteiger partial charge in [0.05, 0.1) is 6.04 Å². The van der Waals surface area contributed by atoms with Crippen molar-refractivity contribution in [3.8, 4) is 0 Å². The number of aromatic nitrogens is 1. The molecule has 4 rings (SSSR count). The van der Waals surface area contributed by atoms with Crippen molar-refractivity contribution in [3.63, 3.8) is 0 Å². The van der Waals surface area contributed by atoms with Crippen LogP contribution < -0.4 is 5.32 Å². The number of β-lactam (4-membered cyclic amide) rings is 1. The molecule has 2 saturated heterocycles. The van der Waals surface area contributed by atoms with Gasteiger partial charge in [0.2, 0.25) is 5.91 Å². The van der Waals surface area contributed by atoms with E-state index >= 15 is 0 Å². The lowest BCUT2D eigenvalue weighted by Gasteiger charge is -2.48. The van der Waals surface area contributed by atoms with Crippen molar-refractivity contribution in [1.82, 2.24) is 15.2 Å². The first-order chi connectivity index (χ1) is 10.7. The van der Waals surface area contributed by atoms with E-state index in [-0.39, 0.29) is 23.7 Å². The van der Waals surface area contributed by atoms with E-state index in [1.807, 2.05) is 18.2 Å². The predicted octanol–water partition coefficient (Wildman–Crippen LogP) is 0.636. The van der Waals surface area contributed by atoms with Gasteiger partial charge in [0, 0.05) is 18.9 Å². The lowest BCUT2D eigenvalue weighted by atomic mass is 9.79. The molecule has 0 aromatic carbocycles. The van der Waals surface area contributed by atoms with Crippen LogP contribution in [0.25, 0.3) is 6.08 Å². The molecule has 0 radical (unpaired) electrons. The molecule has 1 amide bonds. The summed E-state index contributed by atoms with van der Waals surface area (Å²) >= 11 is 0. The molecule has 0 saturated carbocycles. The number of pyridine rings is 1. The van der Waals surface area contributed by atoms with Crippen LogP contribution in [0.15, 0.2) is 41.9 Å². The molecule has 0 spiro atoms. The van der Waals surface area contributed by atoms with Crippen molar-refractivity contribution in [2.75, 3.05) is 6.54 Å². The second kappa shape index (κ2) is 4.78. The van der Waals surface area contributed by atoms with Crippen molar-refractivity contribution in [2.45, 2.75) is 18.5 Å². The number of amides is 1. The Kier molecular flexibility index (Phi) is 2.87. The standard InChI is InChI=1S/C16H15N3O3/c20-15-12-13-11(8-18-12)6-10(14(16(21)22)19(13)15)4-3-9-2-1-5-17-7-9/h1-5,7,11-13,18H,6,8H2,(H,21,22)/t11?,12?,13-/m1/s1. The largest absolute Gasteiger partial charge is 0.477 e. The van der Waals surface area contributed by atoms with E-state index in [2.05, 4.69) is 10.3 Å². The predicted molar refractivity (Wildman–Crippen MR) is 78.5 cm³/mol. The third kappa shape index (κ3) is 1.80. The first kappa shape index (κ1) is 13.2. The van der Waals surface area contributed by atoms with E-state index in [1.54, 1.807) is 18.5 Å². The van der Waals surface area contributed by atoms with Crippen LogP contribution in [0.5, 0.6) is 0 Å². The fourth-order valence-electron chi connectivity index (χ4n) is 3.64. The number of carbonyl (C=O) groups is 2. The highest BCUT2D eigenvalue weighted by molar-refractivity contribution is 6.01. The fraction of sp³-hybridized carbons (Fsp3) is 0.312. The van der Waals surface area contributed by atoms with Crippen LogP contribution in [0.1, 0.15) is 12.0 Å². The van der Waals surface area contributed by atoms with Crippen molar-refractivity contribution < 1.29 is 14.7 Å². The molecular weight excluding hydrogens is 282 g/mol. The Balaban J connectivity index is 1.72. The van der Waals surface area contributed by atoms with Gasteiger partial charge < -0.3 is 10.4 Å². The summed E-state index contributed by atoms with van der Waals surface area (Å²) in [5, 5.41) is 12.7. The zero-order valence-corrected chi connectivity index (χ0v) is 11.8. The van der Waals surface area contributed by atoms with Gasteiger partial charge in [0.25, 0.3) is 0 Å². The molecule has 3 atom stereocenters. The second-order valence-corrected chi connectivity index (χ2v) is 5.85. The van der Waals surface area contributed by atoms with Gasteiger partial charge in [0.15, 0.2) is 0 Å². The maximum atomic E-state index is 12.1. The minimum atomic E-state index is -1.04. The molecular formula is C16H15N3O3. The van der Waals surface area contributed by atoms with Crippen LogP contribution >= 0.6 is 0 Å². The summed E-state index contributed by atoms with van der Waals surface area (Å²) in [6.07, 6.45) is 7.72. The highest BCUT2D eigenvalue weighted by atomic mass is 16.4. The molecule has 6 heteroatoms. The van der Waals surface area contributed by atoms with Crippen molar-refractivity contribution in [2.24, 2.45) is 5.92 Å². The number of hydrogen-bond acceptors (Lipinski definition) is 4. The van der Waals surface area contributed by atoms with E-state index in [9.17, 15) is 14.7 Å². The topological polar surface area (TPSA) is 82.5 Å². The molecule has 2 unspecified atom stereocenters. The summed E-state index contributed by atoms with van der Waals surface area (Å²) in [6, 6.07) is 3.54. The van der Waals surface area contributed by atoms with E-state index in [4.69, 9.17) is 0 Å². The minimum Gasteiger partial charge on any atom is -0.477 e. The molecule has 3 aliphatic rings. The summed E-state index contributed by atoms with van der Waals surface area (Å²) in [4.78, 5) is 29.2. The van der Waals surface area contributed by atoms with Crippen LogP contribution in [0.2, 0.25) is 0 Å². The van der Waals surface area contributed by atoms with Crippen molar-refractivity contribution in [1.29, 1.82) is 0 Å². The normalized spacial score (nSPS) is 29.7. The number of nitrogens with zero attached hydrogens (tertiary/aromatic N) is 2. The molecule has 2 fully saturated rings. The van der Waals surface area contributed by atoms with E-state index < -0.39 is 5.97 Å². The van der Waals surface area contributed by atoms with Crippen molar-refractivity contribution in [3.05, 3.63) is 47.4 Å². The number of hydrogen-bond donors (Lipinski definition) is 2. The molecule has 0 bridgehead atoms.